The fourth-order valence-electron chi connectivity index (χ4n) is 3.46. The third kappa shape index (κ3) is 1.60. The van der Waals surface area contributed by atoms with Crippen LogP contribution in [0.25, 0.3) is 0 Å². The summed E-state index contributed by atoms with van der Waals surface area (Å²) in [7, 11) is 0. The zero-order chi connectivity index (χ0) is 11.0. The Bertz CT molecular complexity index is 363. The molecule has 1 saturated carbocycles. The van der Waals surface area contributed by atoms with Crippen LogP contribution in [-0.4, -0.2) is 6.54 Å². The average molecular weight is 219 g/mol. The molecule has 0 amide bonds. The molecular weight excluding hydrogens is 198 g/mol. The van der Waals surface area contributed by atoms with E-state index in [1.54, 1.807) is 0 Å². The molecule has 1 unspecified atom stereocenters. The summed E-state index contributed by atoms with van der Waals surface area (Å²) in [5.41, 5.74) is 1.83. The minimum absolute atomic E-state index is 0.408. The molecule has 1 atom stereocenters. The van der Waals surface area contributed by atoms with Crippen LogP contribution in [-0.2, 0) is 6.42 Å². The van der Waals surface area contributed by atoms with Crippen molar-refractivity contribution in [3.63, 3.8) is 0 Å². The van der Waals surface area contributed by atoms with Crippen LogP contribution < -0.4 is 5.32 Å². The van der Waals surface area contributed by atoms with Gasteiger partial charge in [0.15, 0.2) is 0 Å². The predicted molar refractivity (Wildman–Crippen MR) is 64.3 cm³/mol. The molecule has 88 valence electrons. The van der Waals surface area contributed by atoms with Crippen LogP contribution in [0.1, 0.15) is 56.4 Å². The van der Waals surface area contributed by atoms with Crippen molar-refractivity contribution in [3.8, 4) is 0 Å². The highest BCUT2D eigenvalue weighted by Crippen LogP contribution is 2.47. The van der Waals surface area contributed by atoms with Crippen molar-refractivity contribution in [3.05, 3.63) is 23.7 Å². The molecule has 2 nitrogen and oxygen atoms in total. The highest BCUT2D eigenvalue weighted by Gasteiger charge is 2.40. The van der Waals surface area contributed by atoms with Gasteiger partial charge in [-0.25, -0.2) is 0 Å². The van der Waals surface area contributed by atoms with E-state index in [-0.39, 0.29) is 0 Å². The Kier molecular flexibility index (Phi) is 2.55. The molecule has 3 rings (SSSR count). The minimum Gasteiger partial charge on any atom is -0.467 e. The van der Waals surface area contributed by atoms with Crippen molar-refractivity contribution in [2.24, 2.45) is 5.41 Å². The van der Waals surface area contributed by atoms with Crippen molar-refractivity contribution >= 4 is 0 Å². The van der Waals surface area contributed by atoms with Crippen LogP contribution in [0.4, 0.5) is 0 Å². The number of hydrogen-bond acceptors (Lipinski definition) is 2. The Morgan fingerprint density at radius 3 is 2.94 bits per heavy atom. The molecule has 1 aliphatic heterocycles. The number of rotatable bonds is 1. The van der Waals surface area contributed by atoms with Gasteiger partial charge in [0, 0.05) is 6.54 Å². The van der Waals surface area contributed by atoms with E-state index in [0.717, 1.165) is 13.0 Å². The topological polar surface area (TPSA) is 25.2 Å². The zero-order valence-corrected chi connectivity index (χ0v) is 10.1. The highest BCUT2D eigenvalue weighted by atomic mass is 16.3. The molecule has 0 bridgehead atoms. The monoisotopic (exact) mass is 219 g/mol. The smallest absolute Gasteiger partial charge is 0.124 e. The molecule has 1 N–H and O–H groups in total. The van der Waals surface area contributed by atoms with Gasteiger partial charge in [0.1, 0.15) is 5.76 Å². The SMILES string of the molecule is CC1(C2NCCc3ccoc32)CCCCC1. The maximum absolute atomic E-state index is 5.72. The quantitative estimate of drug-likeness (QED) is 0.782. The predicted octanol–water partition coefficient (Wildman–Crippen LogP) is 3.44. The fraction of sp³-hybridized carbons (Fsp3) is 0.714. The lowest BCUT2D eigenvalue weighted by Gasteiger charge is -2.42. The highest BCUT2D eigenvalue weighted by molar-refractivity contribution is 5.25. The summed E-state index contributed by atoms with van der Waals surface area (Å²) in [6, 6.07) is 2.60. The van der Waals surface area contributed by atoms with E-state index in [4.69, 9.17) is 4.42 Å². The van der Waals surface area contributed by atoms with Gasteiger partial charge < -0.3 is 9.73 Å². The first-order valence-electron chi connectivity index (χ1n) is 6.59. The van der Waals surface area contributed by atoms with E-state index in [2.05, 4.69) is 18.3 Å². The van der Waals surface area contributed by atoms with Gasteiger partial charge in [-0.2, -0.15) is 0 Å². The molecule has 16 heavy (non-hydrogen) atoms. The largest absolute Gasteiger partial charge is 0.467 e. The van der Waals surface area contributed by atoms with E-state index in [1.165, 1.54) is 43.4 Å². The second kappa shape index (κ2) is 3.92. The molecule has 0 radical (unpaired) electrons. The van der Waals surface area contributed by atoms with Gasteiger partial charge in [-0.3, -0.25) is 0 Å². The van der Waals surface area contributed by atoms with Crippen LogP contribution in [0.15, 0.2) is 16.7 Å². The zero-order valence-electron chi connectivity index (χ0n) is 10.1. The van der Waals surface area contributed by atoms with Crippen LogP contribution in [0.2, 0.25) is 0 Å². The molecule has 0 spiro atoms. The lowest BCUT2D eigenvalue weighted by molar-refractivity contribution is 0.123. The van der Waals surface area contributed by atoms with Gasteiger partial charge in [0.05, 0.1) is 12.3 Å². The minimum atomic E-state index is 0.408. The number of nitrogens with one attached hydrogen (secondary N) is 1. The molecule has 0 saturated heterocycles. The number of fused-ring (bicyclic) bond motifs is 1. The van der Waals surface area contributed by atoms with Crippen LogP contribution in [0, 0.1) is 5.41 Å². The summed E-state index contributed by atoms with van der Waals surface area (Å²) in [6.45, 7) is 3.54. The fourth-order valence-corrected chi connectivity index (χ4v) is 3.46. The first-order valence-corrected chi connectivity index (χ1v) is 6.59. The maximum Gasteiger partial charge on any atom is 0.124 e. The normalized spacial score (nSPS) is 28.7. The van der Waals surface area contributed by atoms with Crippen molar-refractivity contribution < 1.29 is 4.42 Å². The number of hydrogen-bond donors (Lipinski definition) is 1. The van der Waals surface area contributed by atoms with Crippen LogP contribution in [0.5, 0.6) is 0 Å². The van der Waals surface area contributed by atoms with Crippen molar-refractivity contribution in [1.82, 2.24) is 5.32 Å². The molecule has 1 fully saturated rings. The summed E-state index contributed by atoms with van der Waals surface area (Å²) in [6.07, 6.45) is 9.83. The molecule has 1 aromatic rings. The van der Waals surface area contributed by atoms with Gasteiger partial charge in [0.25, 0.3) is 0 Å². The third-order valence-corrected chi connectivity index (χ3v) is 4.48. The van der Waals surface area contributed by atoms with E-state index in [0.29, 0.717) is 11.5 Å². The molecular formula is C14H21NO. The van der Waals surface area contributed by atoms with E-state index >= 15 is 0 Å². The molecule has 1 aliphatic carbocycles. The van der Waals surface area contributed by atoms with E-state index < -0.39 is 0 Å². The van der Waals surface area contributed by atoms with Crippen LogP contribution in [0.3, 0.4) is 0 Å². The Balaban J connectivity index is 1.90. The molecule has 1 aromatic heterocycles. The van der Waals surface area contributed by atoms with Crippen LogP contribution >= 0.6 is 0 Å². The lowest BCUT2D eigenvalue weighted by Crippen LogP contribution is -2.41. The van der Waals surface area contributed by atoms with Crippen molar-refractivity contribution in [2.45, 2.75) is 51.5 Å². The molecule has 2 heteroatoms. The first kappa shape index (κ1) is 10.4. The maximum atomic E-state index is 5.72. The first-order chi connectivity index (χ1) is 7.80. The van der Waals surface area contributed by atoms with Gasteiger partial charge in [0.2, 0.25) is 0 Å². The molecule has 0 aromatic carbocycles. The van der Waals surface area contributed by atoms with Gasteiger partial charge >= 0.3 is 0 Å². The van der Waals surface area contributed by atoms with E-state index in [1.807, 2.05) is 6.26 Å². The third-order valence-electron chi connectivity index (χ3n) is 4.48. The second-order valence-corrected chi connectivity index (χ2v) is 5.66. The summed E-state index contributed by atoms with van der Waals surface area (Å²) >= 11 is 0. The van der Waals surface area contributed by atoms with Gasteiger partial charge in [-0.05, 0) is 36.3 Å². The summed E-state index contributed by atoms with van der Waals surface area (Å²) in [5.74, 6) is 1.22. The summed E-state index contributed by atoms with van der Waals surface area (Å²) in [4.78, 5) is 0. The Morgan fingerprint density at radius 2 is 2.12 bits per heavy atom. The Hall–Kier alpha value is -0.760. The average Bonchev–Trinajstić information content (AvgIpc) is 2.77. The number of furan rings is 1. The van der Waals surface area contributed by atoms with Gasteiger partial charge in [-0.1, -0.05) is 26.2 Å². The van der Waals surface area contributed by atoms with E-state index in [9.17, 15) is 0 Å². The lowest BCUT2D eigenvalue weighted by atomic mass is 9.68. The summed E-state index contributed by atoms with van der Waals surface area (Å²) in [5, 5.41) is 3.68. The molecule has 2 heterocycles. The molecule has 2 aliphatic rings. The van der Waals surface area contributed by atoms with Crippen molar-refractivity contribution in [2.75, 3.05) is 6.54 Å². The standard InChI is InChI=1S/C14H21NO/c1-14(7-3-2-4-8-14)13-12-11(5-9-15-13)6-10-16-12/h6,10,13,15H,2-5,7-9H2,1H3. The second-order valence-electron chi connectivity index (χ2n) is 5.66. The Labute approximate surface area is 97.4 Å². The van der Waals surface area contributed by atoms with Crippen molar-refractivity contribution in [1.29, 1.82) is 0 Å². The van der Waals surface area contributed by atoms with Gasteiger partial charge in [-0.15, -0.1) is 0 Å². The summed E-state index contributed by atoms with van der Waals surface area (Å²) < 4.78 is 5.72. The Morgan fingerprint density at radius 1 is 1.31 bits per heavy atom.